The second-order valence-electron chi connectivity index (χ2n) is 8.63. The van der Waals surface area contributed by atoms with E-state index < -0.39 is 0 Å². The minimum absolute atomic E-state index is 0.0749. The molecule has 6 heteroatoms. The molecule has 0 saturated heterocycles. The highest BCUT2D eigenvalue weighted by molar-refractivity contribution is 8.03. The molecule has 33 heavy (non-hydrogen) atoms. The number of hydrogen-bond donors (Lipinski definition) is 2. The van der Waals surface area contributed by atoms with Crippen LogP contribution in [0.4, 0.5) is 0 Å². The Balaban J connectivity index is 2.33. The first kappa shape index (κ1) is 26.8. The molecule has 5 nitrogen and oxygen atoms in total. The summed E-state index contributed by atoms with van der Waals surface area (Å²) in [6.45, 7) is 13.9. The van der Waals surface area contributed by atoms with Crippen molar-refractivity contribution in [3.63, 3.8) is 0 Å². The van der Waals surface area contributed by atoms with Gasteiger partial charge in [-0.15, -0.1) is 11.8 Å². The summed E-state index contributed by atoms with van der Waals surface area (Å²) in [5.41, 5.74) is 15.2. The van der Waals surface area contributed by atoms with Gasteiger partial charge in [0.1, 0.15) is 5.84 Å². The fourth-order valence-electron chi connectivity index (χ4n) is 4.20. The number of benzene rings is 1. The van der Waals surface area contributed by atoms with Gasteiger partial charge < -0.3 is 11.5 Å². The van der Waals surface area contributed by atoms with Crippen LogP contribution in [-0.2, 0) is 0 Å². The quantitative estimate of drug-likeness (QED) is 0.258. The predicted molar refractivity (Wildman–Crippen MR) is 147 cm³/mol. The van der Waals surface area contributed by atoms with Crippen LogP contribution in [0.1, 0.15) is 57.9 Å². The molecule has 0 spiro atoms. The minimum atomic E-state index is -0.117. The zero-order valence-corrected chi connectivity index (χ0v) is 21.1. The summed E-state index contributed by atoms with van der Waals surface area (Å²) in [7, 11) is 0. The van der Waals surface area contributed by atoms with Crippen LogP contribution in [0, 0.1) is 5.92 Å². The van der Waals surface area contributed by atoms with E-state index >= 15 is 0 Å². The molecule has 4 unspecified atom stereocenters. The molecule has 0 amide bonds. The lowest BCUT2D eigenvalue weighted by molar-refractivity contribution is 0.452. The Morgan fingerprint density at radius 1 is 1.27 bits per heavy atom. The highest BCUT2D eigenvalue weighted by Crippen LogP contribution is 2.33. The maximum atomic E-state index is 6.50. The Hall–Kier alpha value is -2.44. The molecule has 1 aromatic carbocycles. The van der Waals surface area contributed by atoms with E-state index in [1.54, 1.807) is 24.9 Å². The highest BCUT2D eigenvalue weighted by Gasteiger charge is 2.27. The SMILES string of the molecule is C=N/C=C\C(CC(=C)SCC)N=C(N=C(C)N)C1C/C(=C\C(C)c2ccccc2)CC(N)C1. The van der Waals surface area contributed by atoms with Gasteiger partial charge in [-0.2, -0.15) is 0 Å². The van der Waals surface area contributed by atoms with Crippen molar-refractivity contribution in [2.24, 2.45) is 32.4 Å². The largest absolute Gasteiger partial charge is 0.387 e. The summed E-state index contributed by atoms with van der Waals surface area (Å²) in [6.07, 6.45) is 9.35. The van der Waals surface area contributed by atoms with Crippen LogP contribution in [0.15, 0.2) is 80.7 Å². The van der Waals surface area contributed by atoms with Gasteiger partial charge in [0, 0.05) is 24.6 Å². The number of aliphatic imine (C=N–C) groups is 3. The first-order chi connectivity index (χ1) is 15.8. The average Bonchev–Trinajstić information content (AvgIpc) is 2.77. The Morgan fingerprint density at radius 3 is 2.64 bits per heavy atom. The summed E-state index contributed by atoms with van der Waals surface area (Å²) in [5.74, 6) is 2.70. The van der Waals surface area contributed by atoms with E-state index in [1.165, 1.54) is 11.1 Å². The van der Waals surface area contributed by atoms with E-state index in [9.17, 15) is 0 Å². The molecule has 4 atom stereocenters. The molecular weight excluding hydrogens is 426 g/mol. The van der Waals surface area contributed by atoms with Gasteiger partial charge in [0.25, 0.3) is 0 Å². The van der Waals surface area contributed by atoms with Crippen LogP contribution >= 0.6 is 11.8 Å². The molecule has 1 fully saturated rings. The third-order valence-electron chi connectivity index (χ3n) is 5.58. The van der Waals surface area contributed by atoms with Crippen LogP contribution in [-0.4, -0.2) is 36.2 Å². The molecule has 178 valence electrons. The lowest BCUT2D eigenvalue weighted by atomic mass is 9.80. The van der Waals surface area contributed by atoms with E-state index in [1.807, 2.05) is 12.1 Å². The van der Waals surface area contributed by atoms with Gasteiger partial charge in [0.05, 0.1) is 11.9 Å². The van der Waals surface area contributed by atoms with Gasteiger partial charge in [-0.05, 0) is 61.1 Å². The second kappa shape index (κ2) is 14.0. The maximum absolute atomic E-state index is 6.50. The molecule has 0 aliphatic heterocycles. The summed E-state index contributed by atoms with van der Waals surface area (Å²) < 4.78 is 0. The Morgan fingerprint density at radius 2 is 2.00 bits per heavy atom. The van der Waals surface area contributed by atoms with Crippen LogP contribution < -0.4 is 11.5 Å². The summed E-state index contributed by atoms with van der Waals surface area (Å²) >= 11 is 1.74. The number of amidine groups is 2. The maximum Gasteiger partial charge on any atom is 0.129 e. The van der Waals surface area contributed by atoms with Crippen molar-refractivity contribution in [2.45, 2.75) is 64.5 Å². The molecule has 0 bridgehead atoms. The monoisotopic (exact) mass is 465 g/mol. The van der Waals surface area contributed by atoms with Crippen LogP contribution in [0.2, 0.25) is 0 Å². The van der Waals surface area contributed by atoms with Gasteiger partial charge >= 0.3 is 0 Å². The molecule has 1 aliphatic rings. The minimum Gasteiger partial charge on any atom is -0.387 e. The standard InChI is InChI=1S/C27H39N5S/c1-6-33-20(3)15-26(12-13-30-5)32-27(31-21(4)28)24-16-22(17-25(29)18-24)14-19(2)23-10-8-7-9-11-23/h7-14,19,24-26H,3,5-6,15-18,29H2,1-2,4H3,(H2,28,31,32)/b13-12-,22-14+. The highest BCUT2D eigenvalue weighted by atomic mass is 32.2. The lowest BCUT2D eigenvalue weighted by Gasteiger charge is -2.30. The predicted octanol–water partition coefficient (Wildman–Crippen LogP) is 5.86. The molecule has 1 aliphatic carbocycles. The van der Waals surface area contributed by atoms with Crippen molar-refractivity contribution < 1.29 is 0 Å². The number of nitrogens with zero attached hydrogens (tertiary/aromatic N) is 3. The van der Waals surface area contributed by atoms with Crippen molar-refractivity contribution in [3.05, 3.63) is 71.3 Å². The van der Waals surface area contributed by atoms with Crippen molar-refractivity contribution in [1.82, 2.24) is 0 Å². The Labute approximate surface area is 204 Å². The average molecular weight is 466 g/mol. The van der Waals surface area contributed by atoms with Crippen LogP contribution in [0.5, 0.6) is 0 Å². The van der Waals surface area contributed by atoms with Gasteiger partial charge in [-0.1, -0.05) is 62.4 Å². The number of allylic oxidation sites excluding steroid dienone is 1. The molecule has 0 heterocycles. The van der Waals surface area contributed by atoms with Gasteiger partial charge in [0.15, 0.2) is 0 Å². The molecule has 1 saturated carbocycles. The molecule has 4 N–H and O–H groups in total. The normalized spacial score (nSPS) is 23.0. The Kier molecular flexibility index (Phi) is 11.3. The number of hydrogen-bond acceptors (Lipinski definition) is 4. The van der Waals surface area contributed by atoms with Crippen molar-refractivity contribution in [2.75, 3.05) is 5.75 Å². The van der Waals surface area contributed by atoms with E-state index in [-0.39, 0.29) is 18.0 Å². The van der Waals surface area contributed by atoms with E-state index in [0.29, 0.717) is 11.8 Å². The second-order valence-corrected chi connectivity index (χ2v) is 10.1. The molecule has 2 rings (SSSR count). The van der Waals surface area contributed by atoms with Crippen LogP contribution in [0.25, 0.3) is 0 Å². The smallest absolute Gasteiger partial charge is 0.129 e. The first-order valence-electron chi connectivity index (χ1n) is 11.6. The lowest BCUT2D eigenvalue weighted by Crippen LogP contribution is -2.33. The number of nitrogens with two attached hydrogens (primary N) is 2. The van der Waals surface area contributed by atoms with Crippen molar-refractivity contribution in [3.8, 4) is 0 Å². The fourth-order valence-corrected chi connectivity index (χ4v) is 4.89. The van der Waals surface area contributed by atoms with E-state index in [2.05, 4.69) is 67.5 Å². The third kappa shape index (κ3) is 9.52. The van der Waals surface area contributed by atoms with E-state index in [4.69, 9.17) is 16.5 Å². The fraction of sp³-hybridized carbons (Fsp3) is 0.444. The summed E-state index contributed by atoms with van der Waals surface area (Å²) in [4.78, 5) is 14.6. The molecule has 0 radical (unpaired) electrons. The first-order valence-corrected chi connectivity index (χ1v) is 12.6. The van der Waals surface area contributed by atoms with Gasteiger partial charge in [-0.3, -0.25) is 9.98 Å². The topological polar surface area (TPSA) is 89.1 Å². The van der Waals surface area contributed by atoms with Crippen LogP contribution in [0.3, 0.4) is 0 Å². The van der Waals surface area contributed by atoms with Gasteiger partial charge in [0.2, 0.25) is 0 Å². The van der Waals surface area contributed by atoms with Crippen molar-refractivity contribution in [1.29, 1.82) is 0 Å². The number of thioether (sulfide) groups is 1. The number of rotatable bonds is 10. The summed E-state index contributed by atoms with van der Waals surface area (Å²) in [5, 5.41) is 0. The zero-order valence-electron chi connectivity index (χ0n) is 20.3. The Bertz CT molecular complexity index is 896. The molecule has 1 aromatic rings. The van der Waals surface area contributed by atoms with Gasteiger partial charge in [-0.25, -0.2) is 4.99 Å². The zero-order chi connectivity index (χ0) is 24.2. The molecule has 0 aromatic heterocycles. The van der Waals surface area contributed by atoms with E-state index in [0.717, 1.165) is 42.2 Å². The third-order valence-corrected chi connectivity index (χ3v) is 6.45. The summed E-state index contributed by atoms with van der Waals surface area (Å²) in [6, 6.07) is 10.5. The molecular formula is C27H39N5S. The van der Waals surface area contributed by atoms with Crippen molar-refractivity contribution >= 4 is 30.2 Å².